The second-order valence-electron chi connectivity index (χ2n) is 9.15. The minimum absolute atomic E-state index is 0.170. The van der Waals surface area contributed by atoms with Gasteiger partial charge in [-0.05, 0) is 47.5 Å². The molecule has 6 aromatic rings. The highest BCUT2D eigenvalue weighted by Gasteiger charge is 2.15. The van der Waals surface area contributed by atoms with Crippen LogP contribution in [0.3, 0.4) is 0 Å². The van der Waals surface area contributed by atoms with Crippen LogP contribution in [0.5, 0.6) is 0 Å². The largest absolute Gasteiger partial charge is 0.340 e. The Bertz CT molecular complexity index is 1890. The highest BCUT2D eigenvalue weighted by atomic mass is 79.9. The van der Waals surface area contributed by atoms with Crippen molar-refractivity contribution < 1.29 is 0 Å². The molecule has 2 heterocycles. The van der Waals surface area contributed by atoms with Gasteiger partial charge in [-0.3, -0.25) is 4.79 Å². The molecular weight excluding hydrogens is 524 g/mol. The average molecular weight is 549 g/mol. The zero-order valence-electron chi connectivity index (χ0n) is 20.6. The monoisotopic (exact) mass is 548 g/mol. The highest BCUT2D eigenvalue weighted by Crippen LogP contribution is 2.28. The molecule has 0 radical (unpaired) electrons. The first-order chi connectivity index (χ1) is 18.0. The molecule has 0 aliphatic heterocycles. The molecule has 0 bridgehead atoms. The molecule has 6 heteroatoms. The first-order valence-corrected chi connectivity index (χ1v) is 13.1. The summed E-state index contributed by atoms with van der Waals surface area (Å²) in [6.07, 6.45) is 2.41. The lowest BCUT2D eigenvalue weighted by atomic mass is 10.0. The Morgan fingerprint density at radius 3 is 2.51 bits per heavy atom. The summed E-state index contributed by atoms with van der Waals surface area (Å²) in [5.74, 6) is 0.633. The van der Waals surface area contributed by atoms with E-state index in [-0.39, 0.29) is 5.56 Å². The molecule has 0 N–H and O–H groups in total. The number of rotatable bonds is 5. The summed E-state index contributed by atoms with van der Waals surface area (Å²) in [4.78, 5) is 18.1. The molecule has 0 spiro atoms. The number of aromatic nitrogens is 3. The van der Waals surface area contributed by atoms with Gasteiger partial charge in [-0.25, -0.2) is 4.98 Å². The number of halogens is 1. The normalized spacial score (nSPS) is 11.9. The van der Waals surface area contributed by atoms with Crippen molar-refractivity contribution in [1.29, 1.82) is 0 Å². The Morgan fingerprint density at radius 1 is 0.919 bits per heavy atom. The third kappa shape index (κ3) is 4.07. The van der Waals surface area contributed by atoms with Crippen LogP contribution >= 0.6 is 15.9 Å². The smallest absolute Gasteiger partial charge is 0.282 e. The predicted octanol–water partition coefficient (Wildman–Crippen LogP) is 7.07. The highest BCUT2D eigenvalue weighted by molar-refractivity contribution is 9.10. The molecule has 0 amide bonds. The van der Waals surface area contributed by atoms with Gasteiger partial charge in [0.1, 0.15) is 5.82 Å². The molecule has 0 fully saturated rings. The van der Waals surface area contributed by atoms with E-state index in [1.54, 1.807) is 6.07 Å². The lowest BCUT2D eigenvalue weighted by Gasteiger charge is -2.11. The maximum absolute atomic E-state index is 13.4. The van der Waals surface area contributed by atoms with Gasteiger partial charge in [0.25, 0.3) is 5.56 Å². The minimum Gasteiger partial charge on any atom is -0.340 e. The predicted molar refractivity (Wildman–Crippen MR) is 156 cm³/mol. The Balaban J connectivity index is 1.49. The maximum Gasteiger partial charge on any atom is 0.282 e. The molecule has 0 aliphatic rings. The summed E-state index contributed by atoms with van der Waals surface area (Å²) in [7, 11) is 0. The number of para-hydroxylation sites is 1. The van der Waals surface area contributed by atoms with E-state index in [1.165, 1.54) is 21.0 Å². The fourth-order valence-corrected chi connectivity index (χ4v) is 5.44. The Labute approximate surface area is 222 Å². The van der Waals surface area contributed by atoms with Crippen molar-refractivity contribution in [3.05, 3.63) is 122 Å². The number of nitrogens with zero attached hydrogens (tertiary/aromatic N) is 4. The van der Waals surface area contributed by atoms with Crippen molar-refractivity contribution in [2.45, 2.75) is 26.8 Å². The first-order valence-electron chi connectivity index (χ1n) is 12.3. The van der Waals surface area contributed by atoms with Crippen molar-refractivity contribution >= 4 is 54.7 Å². The average Bonchev–Trinajstić information content (AvgIpc) is 3.19. The van der Waals surface area contributed by atoms with E-state index in [2.05, 4.69) is 88.1 Å². The Hall–Kier alpha value is -4.03. The molecule has 4 aromatic carbocycles. The summed E-state index contributed by atoms with van der Waals surface area (Å²) in [6.45, 7) is 4.85. The van der Waals surface area contributed by atoms with Gasteiger partial charge in [-0.2, -0.15) is 9.78 Å². The summed E-state index contributed by atoms with van der Waals surface area (Å²) in [6, 6.07) is 28.9. The standard InChI is InChI=1S/C31H25BrN4O/c1-3-30-34-28-16-15-23(32)17-26(28)31(37)36(30)33-18-27-20(2)35(29-14-7-6-13-25(27)29)19-22-11-8-10-21-9-4-5-12-24(21)22/h4-18H,3,19H2,1-2H3. The molecular formula is C31H25BrN4O. The molecule has 0 saturated heterocycles. The number of benzene rings is 4. The summed E-state index contributed by atoms with van der Waals surface area (Å²) in [5.41, 5.74) is 5.01. The van der Waals surface area contributed by atoms with Crippen LogP contribution in [0.25, 0.3) is 32.6 Å². The SMILES string of the molecule is CCc1nc2ccc(Br)cc2c(=O)n1N=Cc1c(C)n(Cc2cccc3ccccc23)c2ccccc12. The number of hydrogen-bond donors (Lipinski definition) is 0. The molecule has 182 valence electrons. The van der Waals surface area contributed by atoms with Crippen molar-refractivity contribution in [2.24, 2.45) is 5.10 Å². The van der Waals surface area contributed by atoms with Crippen LogP contribution in [0.1, 0.15) is 29.6 Å². The van der Waals surface area contributed by atoms with Crippen LogP contribution in [0.15, 0.2) is 99.3 Å². The van der Waals surface area contributed by atoms with Gasteiger partial charge in [-0.1, -0.05) is 83.5 Å². The van der Waals surface area contributed by atoms with Crippen LogP contribution in [-0.2, 0) is 13.0 Å². The van der Waals surface area contributed by atoms with Gasteiger partial charge in [0.05, 0.1) is 17.1 Å². The van der Waals surface area contributed by atoms with Crippen LogP contribution in [0.4, 0.5) is 0 Å². The zero-order chi connectivity index (χ0) is 25.5. The van der Waals surface area contributed by atoms with E-state index in [9.17, 15) is 4.79 Å². The second-order valence-corrected chi connectivity index (χ2v) is 10.1. The second kappa shape index (κ2) is 9.45. The molecule has 0 saturated carbocycles. The van der Waals surface area contributed by atoms with E-state index in [0.717, 1.165) is 33.2 Å². The van der Waals surface area contributed by atoms with Crippen molar-refractivity contribution in [1.82, 2.24) is 14.2 Å². The van der Waals surface area contributed by atoms with Gasteiger partial charge >= 0.3 is 0 Å². The first kappa shape index (κ1) is 23.4. The number of fused-ring (bicyclic) bond motifs is 3. The maximum atomic E-state index is 13.4. The lowest BCUT2D eigenvalue weighted by molar-refractivity contribution is 0.734. The van der Waals surface area contributed by atoms with Crippen molar-refractivity contribution in [3.8, 4) is 0 Å². The summed E-state index contributed by atoms with van der Waals surface area (Å²) >= 11 is 3.47. The quantitative estimate of drug-likeness (QED) is 0.216. The van der Waals surface area contributed by atoms with E-state index in [4.69, 9.17) is 10.1 Å². The lowest BCUT2D eigenvalue weighted by Crippen LogP contribution is -2.22. The minimum atomic E-state index is -0.170. The molecule has 37 heavy (non-hydrogen) atoms. The summed E-state index contributed by atoms with van der Waals surface area (Å²) < 4.78 is 4.61. The van der Waals surface area contributed by atoms with Crippen LogP contribution in [0.2, 0.25) is 0 Å². The van der Waals surface area contributed by atoms with Gasteiger partial charge in [0, 0.05) is 39.6 Å². The molecule has 0 unspecified atom stereocenters. The van der Waals surface area contributed by atoms with Gasteiger partial charge in [0.15, 0.2) is 0 Å². The molecule has 0 aliphatic carbocycles. The third-order valence-corrected chi connectivity index (χ3v) is 7.48. The Morgan fingerprint density at radius 2 is 1.68 bits per heavy atom. The number of hydrogen-bond acceptors (Lipinski definition) is 3. The van der Waals surface area contributed by atoms with Crippen molar-refractivity contribution in [2.75, 3.05) is 0 Å². The van der Waals surface area contributed by atoms with E-state index >= 15 is 0 Å². The van der Waals surface area contributed by atoms with E-state index in [0.29, 0.717) is 23.1 Å². The van der Waals surface area contributed by atoms with Crippen molar-refractivity contribution in [3.63, 3.8) is 0 Å². The molecule has 0 atom stereocenters. The number of aryl methyl sites for hydroxylation is 1. The van der Waals surface area contributed by atoms with Gasteiger partial charge in [-0.15, -0.1) is 0 Å². The van der Waals surface area contributed by atoms with Crippen LogP contribution < -0.4 is 5.56 Å². The van der Waals surface area contributed by atoms with Crippen LogP contribution in [-0.4, -0.2) is 20.4 Å². The fourth-order valence-electron chi connectivity index (χ4n) is 5.08. The molecule has 5 nitrogen and oxygen atoms in total. The van der Waals surface area contributed by atoms with Gasteiger partial charge < -0.3 is 4.57 Å². The Kier molecular flexibility index (Phi) is 5.97. The van der Waals surface area contributed by atoms with Crippen LogP contribution in [0, 0.1) is 6.92 Å². The molecule has 2 aromatic heterocycles. The van der Waals surface area contributed by atoms with E-state index in [1.807, 2.05) is 31.3 Å². The van der Waals surface area contributed by atoms with E-state index < -0.39 is 0 Å². The van der Waals surface area contributed by atoms with Gasteiger partial charge in [0.2, 0.25) is 0 Å². The topological polar surface area (TPSA) is 52.2 Å². The third-order valence-electron chi connectivity index (χ3n) is 6.98. The molecule has 6 rings (SSSR count). The fraction of sp³-hybridized carbons (Fsp3) is 0.129. The summed E-state index contributed by atoms with van der Waals surface area (Å²) in [5, 5.41) is 8.83. The zero-order valence-corrected chi connectivity index (χ0v) is 22.2.